The van der Waals surface area contributed by atoms with Crippen molar-refractivity contribution in [3.63, 3.8) is 0 Å². The van der Waals surface area contributed by atoms with Gasteiger partial charge in [0.25, 0.3) is 5.91 Å². The number of amides is 1. The Labute approximate surface area is 176 Å². The summed E-state index contributed by atoms with van der Waals surface area (Å²) in [4.78, 5) is 24.1. The minimum atomic E-state index is -3.79. The van der Waals surface area contributed by atoms with Gasteiger partial charge in [0.2, 0.25) is 10.0 Å². The second kappa shape index (κ2) is 9.95. The summed E-state index contributed by atoms with van der Waals surface area (Å²) in [7, 11) is -3.79. The molecule has 7 nitrogen and oxygen atoms in total. The lowest BCUT2D eigenvalue weighted by Crippen LogP contribution is -2.30. The van der Waals surface area contributed by atoms with Crippen LogP contribution in [-0.2, 0) is 26.1 Å². The molecular formula is C19H20BrFN2O5S. The first-order valence-electron chi connectivity index (χ1n) is 8.58. The van der Waals surface area contributed by atoms with Crippen LogP contribution in [0.25, 0.3) is 0 Å². The van der Waals surface area contributed by atoms with E-state index in [9.17, 15) is 22.4 Å². The molecule has 0 saturated heterocycles. The van der Waals surface area contributed by atoms with Crippen LogP contribution in [0.4, 0.5) is 4.39 Å². The molecule has 29 heavy (non-hydrogen) atoms. The minimum absolute atomic E-state index is 0.0250. The first-order chi connectivity index (χ1) is 13.6. The van der Waals surface area contributed by atoms with E-state index in [1.54, 1.807) is 13.8 Å². The van der Waals surface area contributed by atoms with Gasteiger partial charge in [0.05, 0.1) is 10.5 Å². The lowest BCUT2D eigenvalue weighted by Gasteiger charge is -2.12. The summed E-state index contributed by atoms with van der Waals surface area (Å²) < 4.78 is 45.1. The van der Waals surface area contributed by atoms with Gasteiger partial charge in [-0.3, -0.25) is 4.79 Å². The molecule has 0 aliphatic carbocycles. The highest BCUT2D eigenvalue weighted by atomic mass is 79.9. The molecule has 0 radical (unpaired) electrons. The molecule has 0 aliphatic heterocycles. The van der Waals surface area contributed by atoms with Crippen LogP contribution in [0, 0.1) is 5.82 Å². The Bertz CT molecular complexity index is 994. The average Bonchev–Trinajstić information content (AvgIpc) is 2.64. The Balaban J connectivity index is 1.98. The van der Waals surface area contributed by atoms with Crippen LogP contribution in [0.1, 0.15) is 29.8 Å². The summed E-state index contributed by atoms with van der Waals surface area (Å²) in [6.07, 6.45) is 0. The van der Waals surface area contributed by atoms with E-state index in [1.807, 2.05) is 0 Å². The summed E-state index contributed by atoms with van der Waals surface area (Å²) in [6.45, 7) is 2.95. The third kappa shape index (κ3) is 6.91. The smallest absolute Gasteiger partial charge is 0.339 e. The van der Waals surface area contributed by atoms with Crippen LogP contribution < -0.4 is 10.0 Å². The molecule has 0 spiro atoms. The maximum atomic E-state index is 12.9. The molecule has 0 unspecified atom stereocenters. The van der Waals surface area contributed by atoms with Crippen LogP contribution in [0.15, 0.2) is 51.8 Å². The van der Waals surface area contributed by atoms with Crippen LogP contribution in [0.3, 0.4) is 0 Å². The molecule has 0 atom stereocenters. The van der Waals surface area contributed by atoms with Gasteiger partial charge in [-0.1, -0.05) is 12.1 Å². The van der Waals surface area contributed by atoms with Gasteiger partial charge in [-0.25, -0.2) is 22.3 Å². The number of hydrogen-bond donors (Lipinski definition) is 2. The van der Waals surface area contributed by atoms with Crippen molar-refractivity contribution in [1.82, 2.24) is 10.0 Å². The predicted molar refractivity (Wildman–Crippen MR) is 108 cm³/mol. The Morgan fingerprint density at radius 3 is 2.41 bits per heavy atom. The van der Waals surface area contributed by atoms with E-state index >= 15 is 0 Å². The Morgan fingerprint density at radius 2 is 1.79 bits per heavy atom. The number of ether oxygens (including phenoxy) is 1. The summed E-state index contributed by atoms with van der Waals surface area (Å²) >= 11 is 3.18. The Kier molecular flexibility index (Phi) is 7.88. The molecule has 0 fully saturated rings. The first kappa shape index (κ1) is 23.0. The Hall–Kier alpha value is -2.30. The van der Waals surface area contributed by atoms with Crippen molar-refractivity contribution in [2.75, 3.05) is 6.61 Å². The number of sulfonamides is 1. The fourth-order valence-corrected chi connectivity index (χ4v) is 3.95. The summed E-state index contributed by atoms with van der Waals surface area (Å²) in [5, 5.41) is 2.54. The zero-order valence-electron chi connectivity index (χ0n) is 15.7. The van der Waals surface area contributed by atoms with Crippen LogP contribution in [0.5, 0.6) is 0 Å². The minimum Gasteiger partial charge on any atom is -0.452 e. The van der Waals surface area contributed by atoms with Gasteiger partial charge in [-0.2, -0.15) is 0 Å². The van der Waals surface area contributed by atoms with Crippen molar-refractivity contribution in [2.24, 2.45) is 0 Å². The molecule has 0 aromatic heterocycles. The molecule has 0 aliphatic rings. The van der Waals surface area contributed by atoms with E-state index in [1.165, 1.54) is 42.5 Å². The maximum Gasteiger partial charge on any atom is 0.339 e. The molecule has 10 heteroatoms. The van der Waals surface area contributed by atoms with E-state index in [0.29, 0.717) is 10.0 Å². The quantitative estimate of drug-likeness (QED) is 0.558. The van der Waals surface area contributed by atoms with Crippen molar-refractivity contribution in [2.45, 2.75) is 31.3 Å². The molecule has 156 valence electrons. The topological polar surface area (TPSA) is 102 Å². The zero-order chi connectivity index (χ0) is 21.6. The van der Waals surface area contributed by atoms with Gasteiger partial charge >= 0.3 is 5.97 Å². The number of carbonyl (C=O) groups excluding carboxylic acids is 2. The van der Waals surface area contributed by atoms with Gasteiger partial charge in [0.15, 0.2) is 6.61 Å². The number of carbonyl (C=O) groups is 2. The number of rotatable bonds is 8. The van der Waals surface area contributed by atoms with Crippen molar-refractivity contribution in [1.29, 1.82) is 0 Å². The summed E-state index contributed by atoms with van der Waals surface area (Å²) in [6, 6.07) is 9.21. The van der Waals surface area contributed by atoms with Crippen molar-refractivity contribution in [3.05, 3.63) is 63.9 Å². The Morgan fingerprint density at radius 1 is 1.14 bits per heavy atom. The fraction of sp³-hybridized carbons (Fsp3) is 0.263. The number of halogens is 2. The van der Waals surface area contributed by atoms with Gasteiger partial charge in [-0.15, -0.1) is 0 Å². The molecule has 0 saturated carbocycles. The van der Waals surface area contributed by atoms with E-state index in [0.717, 1.165) is 0 Å². The van der Waals surface area contributed by atoms with E-state index in [4.69, 9.17) is 4.74 Å². The highest BCUT2D eigenvalue weighted by molar-refractivity contribution is 9.10. The van der Waals surface area contributed by atoms with Crippen molar-refractivity contribution >= 4 is 37.8 Å². The highest BCUT2D eigenvalue weighted by Gasteiger charge is 2.20. The van der Waals surface area contributed by atoms with Gasteiger partial charge in [0.1, 0.15) is 5.82 Å². The van der Waals surface area contributed by atoms with E-state index in [2.05, 4.69) is 26.0 Å². The number of nitrogens with one attached hydrogen (secondary N) is 2. The number of benzene rings is 2. The molecule has 0 heterocycles. The maximum absolute atomic E-state index is 12.9. The third-order valence-electron chi connectivity index (χ3n) is 3.60. The van der Waals surface area contributed by atoms with Crippen LogP contribution in [-0.4, -0.2) is 32.9 Å². The van der Waals surface area contributed by atoms with Crippen molar-refractivity contribution in [3.8, 4) is 0 Å². The lowest BCUT2D eigenvalue weighted by molar-refractivity contribution is -0.124. The molecule has 2 rings (SSSR count). The second-order valence-electron chi connectivity index (χ2n) is 6.40. The SMILES string of the molecule is CC(C)NS(=O)(=O)c1ccc(Br)c(C(=O)OCC(=O)NCc2ccc(F)cc2)c1. The van der Waals surface area contributed by atoms with Gasteiger partial charge in [-0.05, 0) is 65.7 Å². The molecule has 2 aromatic carbocycles. The summed E-state index contributed by atoms with van der Waals surface area (Å²) in [5.41, 5.74) is 0.660. The van der Waals surface area contributed by atoms with Crippen LogP contribution in [0.2, 0.25) is 0 Å². The van der Waals surface area contributed by atoms with Crippen LogP contribution >= 0.6 is 15.9 Å². The zero-order valence-corrected chi connectivity index (χ0v) is 18.1. The van der Waals surface area contributed by atoms with Gasteiger partial charge < -0.3 is 10.1 Å². The molecular weight excluding hydrogens is 467 g/mol. The normalized spacial score (nSPS) is 11.3. The summed E-state index contributed by atoms with van der Waals surface area (Å²) in [5.74, 6) is -1.79. The molecule has 2 aromatic rings. The fourth-order valence-electron chi connectivity index (χ4n) is 2.27. The van der Waals surface area contributed by atoms with Gasteiger partial charge in [0, 0.05) is 17.1 Å². The standard InChI is InChI=1S/C19H20BrFN2O5S/c1-12(2)23-29(26,27)15-7-8-17(20)16(9-15)19(25)28-11-18(24)22-10-13-3-5-14(21)6-4-13/h3-9,12,23H,10-11H2,1-2H3,(H,22,24). The third-order valence-corrected chi connectivity index (χ3v) is 5.94. The number of hydrogen-bond acceptors (Lipinski definition) is 5. The molecule has 2 N–H and O–H groups in total. The van der Waals surface area contributed by atoms with E-state index in [-0.39, 0.29) is 28.9 Å². The molecule has 1 amide bonds. The molecule has 0 bridgehead atoms. The monoisotopic (exact) mass is 486 g/mol. The average molecular weight is 487 g/mol. The second-order valence-corrected chi connectivity index (χ2v) is 8.97. The van der Waals surface area contributed by atoms with Crippen molar-refractivity contribution < 1.29 is 27.1 Å². The number of esters is 1. The van der Waals surface area contributed by atoms with E-state index < -0.39 is 28.5 Å². The highest BCUT2D eigenvalue weighted by Crippen LogP contribution is 2.22. The first-order valence-corrected chi connectivity index (χ1v) is 10.9. The largest absolute Gasteiger partial charge is 0.452 e. The lowest BCUT2D eigenvalue weighted by atomic mass is 10.2. The predicted octanol–water partition coefficient (Wildman–Crippen LogP) is 2.75.